The number of hydrogen-bond acceptors (Lipinski definition) is 6. The van der Waals surface area contributed by atoms with E-state index in [1.54, 1.807) is 38.1 Å². The number of piperidine rings is 1. The zero-order valence-electron chi connectivity index (χ0n) is 20.4. The van der Waals surface area contributed by atoms with E-state index in [0.29, 0.717) is 36.5 Å². The van der Waals surface area contributed by atoms with Gasteiger partial charge in [0.15, 0.2) is 11.5 Å². The highest BCUT2D eigenvalue weighted by molar-refractivity contribution is 6.38. The molecule has 1 heterocycles. The Morgan fingerprint density at radius 3 is 2.18 bits per heavy atom. The van der Waals surface area contributed by atoms with Crippen LogP contribution in [-0.2, 0) is 14.4 Å². The predicted octanol–water partition coefficient (Wildman–Crippen LogP) is 3.96. The summed E-state index contributed by atoms with van der Waals surface area (Å²) in [6, 6.07) is 3.50. The molecule has 1 fully saturated rings. The number of rotatable bonds is 10. The molecule has 1 N–H and O–H groups in total. The van der Waals surface area contributed by atoms with Crippen LogP contribution in [-0.4, -0.2) is 61.1 Å². The standard InChI is InChI=1S/C25H35NO7/c1-7-24(2,3)21(27)22(28)26-14-9-8-12-25(26,23(29)30)13-10-11-17-15-18(31-4)20(33-6)19(16-17)32-5/h10-11,15-16H,7-9,12-14H2,1-6H3,(H,29,30). The number of likely N-dealkylation sites (tertiary alicyclic amines) is 1. The van der Waals surface area contributed by atoms with E-state index < -0.39 is 28.6 Å². The van der Waals surface area contributed by atoms with E-state index in [4.69, 9.17) is 14.2 Å². The molecule has 1 saturated heterocycles. The van der Waals surface area contributed by atoms with Gasteiger partial charge in [-0.15, -0.1) is 0 Å². The fraction of sp³-hybridized carbons (Fsp3) is 0.560. The molecule has 1 amide bonds. The van der Waals surface area contributed by atoms with E-state index in [9.17, 15) is 19.5 Å². The topological polar surface area (TPSA) is 102 Å². The van der Waals surface area contributed by atoms with Crippen LogP contribution in [0.5, 0.6) is 17.2 Å². The van der Waals surface area contributed by atoms with Crippen LogP contribution in [0, 0.1) is 5.41 Å². The van der Waals surface area contributed by atoms with Crippen LogP contribution >= 0.6 is 0 Å². The summed E-state index contributed by atoms with van der Waals surface area (Å²) in [5, 5.41) is 10.2. The molecule has 1 aromatic rings. The minimum Gasteiger partial charge on any atom is -0.493 e. The number of hydrogen-bond donors (Lipinski definition) is 1. The summed E-state index contributed by atoms with van der Waals surface area (Å²) in [5.74, 6) is -0.957. The average Bonchev–Trinajstić information content (AvgIpc) is 2.82. The van der Waals surface area contributed by atoms with Crippen LogP contribution in [0.2, 0.25) is 0 Å². The van der Waals surface area contributed by atoms with Gasteiger partial charge in [0.05, 0.1) is 21.3 Å². The van der Waals surface area contributed by atoms with Gasteiger partial charge in [-0.05, 0) is 49.8 Å². The third-order valence-corrected chi connectivity index (χ3v) is 6.53. The van der Waals surface area contributed by atoms with Crippen molar-refractivity contribution in [2.75, 3.05) is 27.9 Å². The summed E-state index contributed by atoms with van der Waals surface area (Å²) in [5.41, 5.74) is -1.58. The average molecular weight is 462 g/mol. The Labute approximate surface area is 195 Å². The minimum atomic E-state index is -1.47. The lowest BCUT2D eigenvalue weighted by Crippen LogP contribution is -2.61. The summed E-state index contributed by atoms with van der Waals surface area (Å²) in [7, 11) is 4.55. The lowest BCUT2D eigenvalue weighted by atomic mass is 9.80. The molecule has 8 heteroatoms. The van der Waals surface area contributed by atoms with Gasteiger partial charge in [-0.1, -0.05) is 32.9 Å². The molecule has 0 bridgehead atoms. The molecule has 1 aromatic carbocycles. The lowest BCUT2D eigenvalue weighted by Gasteiger charge is -2.44. The van der Waals surface area contributed by atoms with Crippen molar-refractivity contribution in [3.63, 3.8) is 0 Å². The Morgan fingerprint density at radius 1 is 1.09 bits per heavy atom. The smallest absolute Gasteiger partial charge is 0.329 e. The number of ketones is 1. The molecule has 0 aliphatic carbocycles. The second-order valence-corrected chi connectivity index (χ2v) is 8.88. The molecule has 0 aromatic heterocycles. The van der Waals surface area contributed by atoms with Crippen molar-refractivity contribution in [2.24, 2.45) is 5.41 Å². The summed E-state index contributed by atoms with van der Waals surface area (Å²) in [6.07, 6.45) is 5.65. The van der Waals surface area contributed by atoms with Crippen molar-refractivity contribution in [2.45, 2.75) is 58.4 Å². The molecule has 1 aliphatic heterocycles. The molecule has 0 spiro atoms. The summed E-state index contributed by atoms with van der Waals surface area (Å²) < 4.78 is 16.1. The number of nitrogens with zero attached hydrogens (tertiary/aromatic N) is 1. The zero-order chi connectivity index (χ0) is 24.8. The van der Waals surface area contributed by atoms with Gasteiger partial charge < -0.3 is 24.2 Å². The predicted molar refractivity (Wildman–Crippen MR) is 125 cm³/mol. The third kappa shape index (κ3) is 5.31. The van der Waals surface area contributed by atoms with Crippen LogP contribution in [0.15, 0.2) is 18.2 Å². The first-order valence-electron chi connectivity index (χ1n) is 11.1. The minimum absolute atomic E-state index is 0.0740. The molecule has 1 atom stereocenters. The number of benzene rings is 1. The summed E-state index contributed by atoms with van der Waals surface area (Å²) in [6.45, 7) is 5.51. The quantitative estimate of drug-likeness (QED) is 0.526. The van der Waals surface area contributed by atoms with Gasteiger partial charge in [-0.3, -0.25) is 9.59 Å². The maximum Gasteiger partial charge on any atom is 0.329 e. The number of carbonyl (C=O) groups is 3. The Bertz CT molecular complexity index is 896. The van der Waals surface area contributed by atoms with Gasteiger partial charge in [0.2, 0.25) is 11.5 Å². The molecule has 1 unspecified atom stereocenters. The van der Waals surface area contributed by atoms with E-state index in [0.717, 1.165) is 5.56 Å². The van der Waals surface area contributed by atoms with Crippen molar-refractivity contribution in [1.29, 1.82) is 0 Å². The van der Waals surface area contributed by atoms with E-state index in [2.05, 4.69) is 0 Å². The number of methoxy groups -OCH3 is 3. The monoisotopic (exact) mass is 461 g/mol. The van der Waals surface area contributed by atoms with Gasteiger partial charge in [0.25, 0.3) is 5.91 Å². The van der Waals surface area contributed by atoms with Gasteiger partial charge in [0, 0.05) is 12.0 Å². The van der Waals surface area contributed by atoms with Crippen LogP contribution in [0.4, 0.5) is 0 Å². The Kier molecular flexibility index (Phi) is 8.52. The molecule has 0 radical (unpaired) electrons. The third-order valence-electron chi connectivity index (χ3n) is 6.53. The maximum absolute atomic E-state index is 13.1. The fourth-order valence-corrected chi connectivity index (χ4v) is 4.01. The Morgan fingerprint density at radius 2 is 1.70 bits per heavy atom. The zero-order valence-corrected chi connectivity index (χ0v) is 20.4. The number of carbonyl (C=O) groups excluding carboxylic acids is 2. The Hall–Kier alpha value is -3.03. The first-order chi connectivity index (χ1) is 15.6. The van der Waals surface area contributed by atoms with Crippen LogP contribution in [0.1, 0.15) is 58.4 Å². The highest BCUT2D eigenvalue weighted by atomic mass is 16.5. The normalized spacial score (nSPS) is 18.8. The second kappa shape index (κ2) is 10.7. The number of carboxylic acids is 1. The van der Waals surface area contributed by atoms with Crippen molar-refractivity contribution in [3.05, 3.63) is 23.8 Å². The van der Waals surface area contributed by atoms with E-state index >= 15 is 0 Å². The highest BCUT2D eigenvalue weighted by Crippen LogP contribution is 2.39. The van der Waals surface area contributed by atoms with Gasteiger partial charge in [-0.2, -0.15) is 0 Å². The first-order valence-corrected chi connectivity index (χ1v) is 11.1. The lowest BCUT2D eigenvalue weighted by molar-refractivity contribution is -0.166. The molecule has 8 nitrogen and oxygen atoms in total. The number of carboxylic acid groups (broad SMARTS) is 1. The van der Waals surface area contributed by atoms with Gasteiger partial charge >= 0.3 is 5.97 Å². The molecule has 33 heavy (non-hydrogen) atoms. The largest absolute Gasteiger partial charge is 0.493 e. The summed E-state index contributed by atoms with van der Waals surface area (Å²) in [4.78, 5) is 39.7. The van der Waals surface area contributed by atoms with E-state index in [-0.39, 0.29) is 19.4 Å². The SMILES string of the molecule is CCC(C)(C)C(=O)C(=O)N1CCCCC1(CC=Cc1cc(OC)c(OC)c(OC)c1)C(=O)O. The highest BCUT2D eigenvalue weighted by Gasteiger charge is 2.50. The van der Waals surface area contributed by atoms with Crippen LogP contribution < -0.4 is 14.2 Å². The molecular weight excluding hydrogens is 426 g/mol. The molecule has 2 rings (SSSR count). The van der Waals surface area contributed by atoms with Crippen LogP contribution in [0.3, 0.4) is 0 Å². The molecular formula is C25H35NO7. The van der Waals surface area contributed by atoms with Crippen molar-refractivity contribution in [3.8, 4) is 17.2 Å². The van der Waals surface area contributed by atoms with Crippen molar-refractivity contribution in [1.82, 2.24) is 4.90 Å². The second-order valence-electron chi connectivity index (χ2n) is 8.88. The number of amides is 1. The summed E-state index contributed by atoms with van der Waals surface area (Å²) >= 11 is 0. The van der Waals surface area contributed by atoms with Crippen molar-refractivity contribution < 1.29 is 33.7 Å². The molecule has 0 saturated carbocycles. The molecule has 182 valence electrons. The van der Waals surface area contributed by atoms with Gasteiger partial charge in [0.1, 0.15) is 5.54 Å². The van der Waals surface area contributed by atoms with Crippen LogP contribution in [0.25, 0.3) is 6.08 Å². The first kappa shape index (κ1) is 26.2. The number of ether oxygens (including phenoxy) is 3. The number of Topliss-reactive ketones (excluding diaryl/α,β-unsaturated/α-hetero) is 1. The van der Waals surface area contributed by atoms with Crippen molar-refractivity contribution >= 4 is 23.7 Å². The fourth-order valence-electron chi connectivity index (χ4n) is 4.01. The van der Waals surface area contributed by atoms with E-state index in [1.807, 2.05) is 6.92 Å². The van der Waals surface area contributed by atoms with E-state index in [1.165, 1.54) is 26.2 Å². The Balaban J connectivity index is 2.38. The maximum atomic E-state index is 13.1. The van der Waals surface area contributed by atoms with Gasteiger partial charge in [-0.25, -0.2) is 4.79 Å². The number of aliphatic carboxylic acids is 1. The molecule has 1 aliphatic rings.